The minimum absolute atomic E-state index is 0. The quantitative estimate of drug-likeness (QED) is 0.111. The van der Waals surface area contributed by atoms with Crippen LogP contribution in [0.25, 0.3) is 0 Å². The molecule has 2 nitrogen and oxygen atoms in total. The van der Waals surface area contributed by atoms with E-state index in [0.29, 0.717) is 0 Å². The van der Waals surface area contributed by atoms with Crippen molar-refractivity contribution in [1.29, 1.82) is 0 Å². The number of benzene rings is 4. The van der Waals surface area contributed by atoms with Crippen LogP contribution in [-0.4, -0.2) is 25.6 Å². The summed E-state index contributed by atoms with van der Waals surface area (Å²) < 4.78 is 4.94. The molecule has 0 aromatic heterocycles. The molecule has 0 bridgehead atoms. The van der Waals surface area contributed by atoms with Gasteiger partial charge in [-0.1, -0.05) is 141 Å². The summed E-state index contributed by atoms with van der Waals surface area (Å²) in [5, 5.41) is 0. The van der Waals surface area contributed by atoms with E-state index in [0.717, 1.165) is 31.6 Å². The minimum Gasteiger partial charge on any atom is -0.419 e. The third-order valence-corrected chi connectivity index (χ3v) is 8.09. The Hall–Kier alpha value is -2.80. The van der Waals surface area contributed by atoms with Gasteiger partial charge >= 0.3 is 26.2 Å². The molecule has 248 valence electrons. The average Bonchev–Trinajstić information content (AvgIpc) is 3.99. The van der Waals surface area contributed by atoms with E-state index in [9.17, 15) is 4.79 Å². The fraction of sp³-hybridized carbons (Fsp3) is 0.178. The van der Waals surface area contributed by atoms with E-state index in [4.69, 9.17) is 4.74 Å². The number of carbonyl (C=O) groups excluding carboxylic acids is 1. The number of hydrogen-bond donors (Lipinski definition) is 0. The van der Waals surface area contributed by atoms with Crippen molar-refractivity contribution in [2.45, 2.75) is 39.5 Å². The molecule has 0 amide bonds. The number of rotatable bonds is 7. The van der Waals surface area contributed by atoms with Gasteiger partial charge in [-0.05, 0) is 83.3 Å². The van der Waals surface area contributed by atoms with Gasteiger partial charge in [0.2, 0.25) is 0 Å². The van der Waals surface area contributed by atoms with Crippen LogP contribution in [0.2, 0.25) is 0 Å². The van der Waals surface area contributed by atoms with Crippen LogP contribution in [0.5, 0.6) is 0 Å². The molecule has 0 unspecified atom stereocenters. The zero-order valence-electron chi connectivity index (χ0n) is 29.0. The summed E-state index contributed by atoms with van der Waals surface area (Å²) >= 11 is 0. The Morgan fingerprint density at radius 2 is 0.857 bits per heavy atom. The van der Waals surface area contributed by atoms with Crippen molar-refractivity contribution in [2.75, 3.05) is 13.2 Å². The van der Waals surface area contributed by atoms with Gasteiger partial charge in [0.05, 0.1) is 0 Å². The first kappa shape index (κ1) is 42.4. The van der Waals surface area contributed by atoms with Crippen LogP contribution in [0.1, 0.15) is 39.5 Å². The Morgan fingerprint density at radius 1 is 0.571 bits per heavy atom. The Bertz CT molecular complexity index is 1150. The summed E-state index contributed by atoms with van der Waals surface area (Å²) in [5.41, 5.74) is 6.47. The molecule has 2 saturated carbocycles. The molecule has 3 fully saturated rings. The summed E-state index contributed by atoms with van der Waals surface area (Å²) in [5.74, 6) is 0. The topological polar surface area (TPSA) is 26.3 Å². The Morgan fingerprint density at radius 3 is 1.06 bits per heavy atom. The molecule has 0 atom stereocenters. The van der Waals surface area contributed by atoms with Crippen LogP contribution in [0, 0.1) is 64.2 Å². The van der Waals surface area contributed by atoms with E-state index in [1.54, 1.807) is 6.29 Å². The van der Waals surface area contributed by atoms with Crippen molar-refractivity contribution >= 4 is 34.3 Å². The van der Waals surface area contributed by atoms with Crippen LogP contribution < -0.4 is 21.9 Å². The average molecular weight is 724 g/mol. The molecule has 1 aliphatic heterocycles. The van der Waals surface area contributed by atoms with E-state index in [2.05, 4.69) is 128 Å². The zero-order valence-corrected chi connectivity index (χ0v) is 31.5. The number of allylic oxidation sites excluding steroid dienone is 2. The molecule has 2 aliphatic carbocycles. The molecule has 0 N–H and O–H groups in total. The molecular weight excluding hydrogens is 675 g/mol. The second kappa shape index (κ2) is 27.0. The molecule has 49 heavy (non-hydrogen) atoms. The predicted octanol–water partition coefficient (Wildman–Crippen LogP) is 7.74. The summed E-state index contributed by atoms with van der Waals surface area (Å²) in [6, 6.07) is 43.5. The first-order valence-electron chi connectivity index (χ1n) is 17.1. The van der Waals surface area contributed by atoms with Gasteiger partial charge in [0.15, 0.2) is 0 Å². The Balaban J connectivity index is 0.000000280. The van der Waals surface area contributed by atoms with Crippen LogP contribution in [0.15, 0.2) is 133 Å². The molecule has 1 heterocycles. The maximum Gasteiger partial charge on any atom is 2.00 e. The Labute approximate surface area is 318 Å². The van der Waals surface area contributed by atoms with Crippen molar-refractivity contribution in [3.8, 4) is 0 Å². The first-order valence-corrected chi connectivity index (χ1v) is 17.1. The van der Waals surface area contributed by atoms with Gasteiger partial charge in [0.25, 0.3) is 0 Å². The molecule has 1 saturated heterocycles. The van der Waals surface area contributed by atoms with Crippen molar-refractivity contribution in [3.05, 3.63) is 197 Å². The monoisotopic (exact) mass is 722 g/mol. The van der Waals surface area contributed by atoms with Crippen molar-refractivity contribution in [1.82, 2.24) is 0 Å². The van der Waals surface area contributed by atoms with Crippen molar-refractivity contribution in [3.63, 3.8) is 0 Å². The van der Waals surface area contributed by atoms with E-state index < -0.39 is 6.15 Å². The number of hydrogen-bond acceptors (Lipinski definition) is 2. The van der Waals surface area contributed by atoms with Gasteiger partial charge in [-0.3, -0.25) is 0 Å². The van der Waals surface area contributed by atoms with E-state index >= 15 is 0 Å². The van der Waals surface area contributed by atoms with Gasteiger partial charge < -0.3 is 9.53 Å². The molecule has 0 spiro atoms. The summed E-state index contributed by atoms with van der Waals surface area (Å²) in [4.78, 5) is 9.69. The van der Waals surface area contributed by atoms with Crippen molar-refractivity contribution in [2.24, 2.45) is 0 Å². The number of ether oxygens (including phenoxy) is 1. The van der Waals surface area contributed by atoms with Crippen LogP contribution in [0.4, 0.5) is 0 Å². The maximum atomic E-state index is 9.69. The second-order valence-electron chi connectivity index (χ2n) is 11.6. The van der Waals surface area contributed by atoms with Gasteiger partial charge in [-0.2, -0.15) is 27.9 Å². The van der Waals surface area contributed by atoms with E-state index in [-0.39, 0.29) is 26.2 Å². The first-order chi connectivity index (χ1) is 23.7. The standard InChI is InChI=1S/C24H20B.C7H11O.2C5H5.C4H8O.Zr/c1-5-13-21(14-6-1)25(22-15-7-2-8-16-22,23-17-9-3-10-18-23)24-19-11-4-12-20-24;1-3-4-7(2)5-6-8;3*1-2-4-5-3-1;/h1-20H;5H,3-4H2,1-2H3;2*1-5H;1-4H2;/q2*-1;;;;+2/b;7-5+;;;;. The summed E-state index contributed by atoms with van der Waals surface area (Å²) in [6.07, 6.45) is 26.7. The molecular formula is C45H49BO2Zr. The third-order valence-electron chi connectivity index (χ3n) is 8.09. The minimum atomic E-state index is -1.22. The molecule has 4 aromatic rings. The zero-order chi connectivity index (χ0) is 34.0. The summed E-state index contributed by atoms with van der Waals surface area (Å²) in [6.45, 7) is 6.02. The molecule has 3 aliphatic rings. The largest absolute Gasteiger partial charge is 2.00 e. The molecule has 4 heteroatoms. The molecule has 7 rings (SSSR count). The van der Waals surface area contributed by atoms with Crippen molar-refractivity contribution < 1.29 is 35.7 Å². The fourth-order valence-corrected chi connectivity index (χ4v) is 5.84. The van der Waals surface area contributed by atoms with Gasteiger partial charge in [-0.15, -0.1) is 6.92 Å². The fourth-order valence-electron chi connectivity index (χ4n) is 5.84. The third kappa shape index (κ3) is 15.3. The molecule has 10 radical (unpaired) electrons. The van der Waals surface area contributed by atoms with Crippen LogP contribution >= 0.6 is 0 Å². The SMILES string of the molecule is C1CCOC1.CCC/C(C)=C/[C-]=O.[CH]1[CH][CH][CH][CH]1.[CH]1[CH][CH][CH][CH]1.[Zr+2].c1ccc([B-](c2ccccc2)(c2ccccc2)c2ccccc2)cc1. The summed E-state index contributed by atoms with van der Waals surface area (Å²) in [7, 11) is 0. The van der Waals surface area contributed by atoms with Crippen LogP contribution in [0.3, 0.4) is 0 Å². The predicted molar refractivity (Wildman–Crippen MR) is 207 cm³/mol. The smallest absolute Gasteiger partial charge is 0.419 e. The Kier molecular flexibility index (Phi) is 23.3. The van der Waals surface area contributed by atoms with Gasteiger partial charge in [0.1, 0.15) is 6.15 Å². The maximum absolute atomic E-state index is 9.69. The van der Waals surface area contributed by atoms with Gasteiger partial charge in [0, 0.05) is 13.2 Å². The van der Waals surface area contributed by atoms with E-state index in [1.807, 2.05) is 71.1 Å². The molecule has 4 aromatic carbocycles. The van der Waals surface area contributed by atoms with Crippen LogP contribution in [-0.2, 0) is 35.7 Å². The normalized spacial score (nSPS) is 14.9. The van der Waals surface area contributed by atoms with E-state index in [1.165, 1.54) is 40.8 Å². The second-order valence-corrected chi connectivity index (χ2v) is 11.6. The van der Waals surface area contributed by atoms with Gasteiger partial charge in [-0.25, -0.2) is 5.57 Å².